The van der Waals surface area contributed by atoms with E-state index in [1.165, 1.54) is 0 Å². The molecule has 0 aliphatic heterocycles. The number of hydrogen-bond donors (Lipinski definition) is 0. The van der Waals surface area contributed by atoms with Crippen LogP contribution in [0.2, 0.25) is 10.2 Å². The Hall–Kier alpha value is -1.13. The minimum atomic E-state index is 0.141. The van der Waals surface area contributed by atoms with Crippen LogP contribution in [0.1, 0.15) is 25.3 Å². The molecule has 0 aromatic carbocycles. The molecule has 1 aliphatic carbocycles. The molecule has 0 amide bonds. The fourth-order valence-electron chi connectivity index (χ4n) is 2.58. The zero-order valence-corrected chi connectivity index (χ0v) is 11.0. The molecule has 0 radical (unpaired) electrons. The molecule has 1 aliphatic rings. The third-order valence-corrected chi connectivity index (χ3v) is 3.97. The molecule has 1 fully saturated rings. The Labute approximate surface area is 114 Å². The predicted molar refractivity (Wildman–Crippen MR) is 70.0 cm³/mol. The summed E-state index contributed by atoms with van der Waals surface area (Å²) in [5.74, 6) is 0.141. The highest BCUT2D eigenvalue weighted by molar-refractivity contribution is 6.37. The number of halogens is 2. The fraction of sp³-hybridized carbons (Fsp3) is 0.417. The summed E-state index contributed by atoms with van der Waals surface area (Å²) in [6, 6.07) is 1.85. The molecule has 2 atom stereocenters. The molecule has 18 heavy (non-hydrogen) atoms. The molecule has 2 unspecified atom stereocenters. The monoisotopic (exact) mass is 283 g/mol. The predicted octanol–water partition coefficient (Wildman–Crippen LogP) is 3.28. The topological polar surface area (TPSA) is 47.8 Å². The molecular formula is C12H11Cl2N3O. The lowest BCUT2D eigenvalue weighted by atomic mass is 10.1. The second-order valence-electron chi connectivity index (χ2n) is 4.61. The van der Waals surface area contributed by atoms with Crippen molar-refractivity contribution in [1.82, 2.24) is 14.5 Å². The quantitative estimate of drug-likeness (QED) is 0.628. The lowest BCUT2D eigenvalue weighted by Crippen LogP contribution is -2.05. The number of aldehydes is 1. The first-order valence-corrected chi connectivity index (χ1v) is 6.58. The van der Waals surface area contributed by atoms with Gasteiger partial charge in [-0.1, -0.05) is 23.2 Å². The zero-order valence-electron chi connectivity index (χ0n) is 9.51. The van der Waals surface area contributed by atoms with Gasteiger partial charge in [0.2, 0.25) is 0 Å². The molecule has 4 nitrogen and oxygen atoms in total. The van der Waals surface area contributed by atoms with E-state index in [0.717, 1.165) is 25.5 Å². The van der Waals surface area contributed by atoms with Crippen LogP contribution in [0.25, 0.3) is 11.2 Å². The third kappa shape index (κ3) is 1.89. The smallest absolute Gasteiger partial charge is 0.163 e. The molecule has 94 valence electrons. The van der Waals surface area contributed by atoms with E-state index in [9.17, 15) is 4.79 Å². The number of hydrogen-bond acceptors (Lipinski definition) is 3. The van der Waals surface area contributed by atoms with Crippen molar-refractivity contribution in [2.24, 2.45) is 5.92 Å². The van der Waals surface area contributed by atoms with E-state index in [0.29, 0.717) is 21.3 Å². The van der Waals surface area contributed by atoms with Gasteiger partial charge in [-0.3, -0.25) is 0 Å². The summed E-state index contributed by atoms with van der Waals surface area (Å²) in [5, 5.41) is 0.868. The Morgan fingerprint density at radius 3 is 2.94 bits per heavy atom. The van der Waals surface area contributed by atoms with Crippen LogP contribution in [-0.4, -0.2) is 20.8 Å². The van der Waals surface area contributed by atoms with Crippen molar-refractivity contribution >= 4 is 40.7 Å². The van der Waals surface area contributed by atoms with Crippen LogP contribution in [0.5, 0.6) is 0 Å². The first-order valence-electron chi connectivity index (χ1n) is 5.83. The molecule has 2 aromatic rings. The maximum atomic E-state index is 10.8. The number of carbonyl (C=O) groups excluding carboxylic acids is 1. The SMILES string of the molecule is O=CC1CCC(n2cnc3c(Cl)cc(Cl)nc32)C1. The molecule has 0 saturated heterocycles. The van der Waals surface area contributed by atoms with E-state index in [4.69, 9.17) is 23.2 Å². The van der Waals surface area contributed by atoms with Crippen molar-refractivity contribution in [3.05, 3.63) is 22.6 Å². The van der Waals surface area contributed by atoms with Crippen molar-refractivity contribution in [3.63, 3.8) is 0 Å². The summed E-state index contributed by atoms with van der Waals surface area (Å²) in [5.41, 5.74) is 1.36. The Kier molecular flexibility index (Phi) is 2.99. The number of fused-ring (bicyclic) bond motifs is 1. The second kappa shape index (κ2) is 4.52. The number of imidazole rings is 1. The van der Waals surface area contributed by atoms with Gasteiger partial charge in [0.25, 0.3) is 0 Å². The van der Waals surface area contributed by atoms with Crippen LogP contribution >= 0.6 is 23.2 Å². The minimum absolute atomic E-state index is 0.141. The van der Waals surface area contributed by atoms with Crippen LogP contribution in [0, 0.1) is 5.92 Å². The van der Waals surface area contributed by atoms with Gasteiger partial charge in [0.15, 0.2) is 5.65 Å². The number of pyridine rings is 1. The van der Waals surface area contributed by atoms with Gasteiger partial charge in [-0.15, -0.1) is 0 Å². The average molecular weight is 284 g/mol. The van der Waals surface area contributed by atoms with Crippen LogP contribution < -0.4 is 0 Å². The van der Waals surface area contributed by atoms with Gasteiger partial charge in [-0.2, -0.15) is 0 Å². The Morgan fingerprint density at radius 1 is 1.39 bits per heavy atom. The molecule has 0 N–H and O–H groups in total. The Bertz CT molecular complexity index is 611. The van der Waals surface area contributed by atoms with Crippen LogP contribution in [0.4, 0.5) is 0 Å². The first kappa shape index (κ1) is 11.9. The molecule has 0 spiro atoms. The lowest BCUT2D eigenvalue weighted by molar-refractivity contribution is -0.110. The van der Waals surface area contributed by atoms with E-state index in [1.54, 1.807) is 12.4 Å². The summed E-state index contributed by atoms with van der Waals surface area (Å²) >= 11 is 12.0. The molecule has 1 saturated carbocycles. The first-order chi connectivity index (χ1) is 8.69. The van der Waals surface area contributed by atoms with E-state index in [-0.39, 0.29) is 12.0 Å². The van der Waals surface area contributed by atoms with Gasteiger partial charge in [-0.25, -0.2) is 9.97 Å². The average Bonchev–Trinajstić information content (AvgIpc) is 2.93. The van der Waals surface area contributed by atoms with E-state index < -0.39 is 0 Å². The summed E-state index contributed by atoms with van der Waals surface area (Å²) in [7, 11) is 0. The molecule has 6 heteroatoms. The van der Waals surface area contributed by atoms with Gasteiger partial charge in [0, 0.05) is 12.0 Å². The lowest BCUT2D eigenvalue weighted by Gasteiger charge is -2.11. The number of aromatic nitrogens is 3. The highest BCUT2D eigenvalue weighted by atomic mass is 35.5. The normalized spacial score (nSPS) is 23.7. The maximum Gasteiger partial charge on any atom is 0.163 e. The van der Waals surface area contributed by atoms with Gasteiger partial charge >= 0.3 is 0 Å². The van der Waals surface area contributed by atoms with Crippen molar-refractivity contribution in [2.45, 2.75) is 25.3 Å². The van der Waals surface area contributed by atoms with Gasteiger partial charge in [0.1, 0.15) is 17.0 Å². The second-order valence-corrected chi connectivity index (χ2v) is 5.41. The number of carbonyl (C=O) groups is 1. The highest BCUT2D eigenvalue weighted by Crippen LogP contribution is 2.36. The molecule has 2 aromatic heterocycles. The van der Waals surface area contributed by atoms with Gasteiger partial charge in [0.05, 0.1) is 11.3 Å². The minimum Gasteiger partial charge on any atom is -0.312 e. The summed E-state index contributed by atoms with van der Waals surface area (Å²) < 4.78 is 1.98. The number of rotatable bonds is 2. The van der Waals surface area contributed by atoms with Crippen LogP contribution in [-0.2, 0) is 4.79 Å². The summed E-state index contributed by atoms with van der Waals surface area (Å²) in [6.07, 6.45) is 5.48. The number of nitrogens with zero attached hydrogens (tertiary/aromatic N) is 3. The van der Waals surface area contributed by atoms with Gasteiger partial charge < -0.3 is 9.36 Å². The Morgan fingerprint density at radius 2 is 2.22 bits per heavy atom. The van der Waals surface area contributed by atoms with Crippen molar-refractivity contribution < 1.29 is 4.79 Å². The van der Waals surface area contributed by atoms with Gasteiger partial charge in [-0.05, 0) is 25.3 Å². The van der Waals surface area contributed by atoms with Crippen LogP contribution in [0.15, 0.2) is 12.4 Å². The van der Waals surface area contributed by atoms with Crippen molar-refractivity contribution in [3.8, 4) is 0 Å². The van der Waals surface area contributed by atoms with E-state index in [2.05, 4.69) is 9.97 Å². The van der Waals surface area contributed by atoms with Crippen molar-refractivity contribution in [1.29, 1.82) is 0 Å². The molecular weight excluding hydrogens is 273 g/mol. The molecule has 0 bridgehead atoms. The summed E-state index contributed by atoms with van der Waals surface area (Å²) in [6.45, 7) is 0. The third-order valence-electron chi connectivity index (χ3n) is 3.48. The fourth-order valence-corrected chi connectivity index (χ4v) is 3.06. The van der Waals surface area contributed by atoms with Crippen molar-refractivity contribution in [2.75, 3.05) is 0 Å². The standard InChI is InChI=1S/C12H11Cl2N3O/c13-9-4-10(14)16-12-11(9)15-6-17(12)8-2-1-7(3-8)5-18/h4-8H,1-3H2. The van der Waals surface area contributed by atoms with E-state index >= 15 is 0 Å². The zero-order chi connectivity index (χ0) is 12.7. The largest absolute Gasteiger partial charge is 0.312 e. The van der Waals surface area contributed by atoms with E-state index in [1.807, 2.05) is 4.57 Å². The summed E-state index contributed by atoms with van der Waals surface area (Å²) in [4.78, 5) is 19.4. The van der Waals surface area contributed by atoms with Crippen LogP contribution in [0.3, 0.4) is 0 Å². The highest BCUT2D eigenvalue weighted by Gasteiger charge is 2.27. The molecule has 3 rings (SSSR count). The Balaban J connectivity index is 2.05. The maximum absolute atomic E-state index is 10.8. The molecule has 2 heterocycles.